The molecule has 0 saturated carbocycles. The quantitative estimate of drug-likeness (QED) is 0.229. The minimum atomic E-state index is -5.00. The van der Waals surface area contributed by atoms with Crippen LogP contribution < -0.4 is 5.32 Å². The monoisotopic (exact) mass is 325 g/mol. The maximum atomic E-state index is 11.4. The number of nitrogens with one attached hydrogen (secondary N) is 1. The van der Waals surface area contributed by atoms with Crippen LogP contribution in [0.25, 0.3) is 0 Å². The van der Waals surface area contributed by atoms with Crippen LogP contribution in [0.5, 0.6) is 0 Å². The van der Waals surface area contributed by atoms with Crippen molar-refractivity contribution in [1.82, 2.24) is 5.32 Å². The SMILES string of the molecule is C#CCC(=O)N[C@H]1[C@@H](OP(=O)(O)O)O[C@H](CO)[C@H](O)[C@@H]1O. The Balaban J connectivity index is 2.93. The highest BCUT2D eigenvalue weighted by atomic mass is 31.2. The number of amides is 1. The van der Waals surface area contributed by atoms with Crippen LogP contribution in [0.4, 0.5) is 0 Å². The Kier molecular flexibility index (Phi) is 6.27. The van der Waals surface area contributed by atoms with E-state index < -0.39 is 51.0 Å². The molecule has 1 aliphatic heterocycles. The van der Waals surface area contributed by atoms with Crippen LogP contribution >= 0.6 is 7.82 Å². The number of phosphoric ester groups is 1. The van der Waals surface area contributed by atoms with Crippen molar-refractivity contribution in [2.45, 2.75) is 37.1 Å². The van der Waals surface area contributed by atoms with Gasteiger partial charge in [0, 0.05) is 0 Å². The molecule has 1 heterocycles. The lowest BCUT2D eigenvalue weighted by molar-refractivity contribution is -0.248. The van der Waals surface area contributed by atoms with E-state index in [2.05, 4.69) is 9.84 Å². The molecule has 21 heavy (non-hydrogen) atoms. The maximum absolute atomic E-state index is 11.4. The molecule has 0 aromatic heterocycles. The van der Waals surface area contributed by atoms with Crippen LogP contribution in [0.15, 0.2) is 0 Å². The van der Waals surface area contributed by atoms with Gasteiger partial charge >= 0.3 is 7.82 Å². The summed E-state index contributed by atoms with van der Waals surface area (Å²) in [6.07, 6.45) is -1.81. The van der Waals surface area contributed by atoms with Crippen molar-refractivity contribution >= 4 is 13.7 Å². The fourth-order valence-corrected chi connectivity index (χ4v) is 2.24. The summed E-state index contributed by atoms with van der Waals surface area (Å²) in [5.74, 6) is 1.30. The third kappa shape index (κ3) is 5.03. The van der Waals surface area contributed by atoms with Gasteiger partial charge in [-0.25, -0.2) is 4.57 Å². The summed E-state index contributed by atoms with van der Waals surface area (Å²) in [6.45, 7) is -0.732. The van der Waals surface area contributed by atoms with Crippen LogP contribution in [0.1, 0.15) is 6.42 Å². The van der Waals surface area contributed by atoms with E-state index in [1.807, 2.05) is 5.92 Å². The van der Waals surface area contributed by atoms with E-state index in [0.717, 1.165) is 0 Å². The lowest BCUT2D eigenvalue weighted by Gasteiger charge is -2.41. The minimum absolute atomic E-state index is 0.356. The molecule has 0 aliphatic carbocycles. The number of phosphoric acid groups is 1. The Labute approximate surface area is 119 Å². The third-order valence-corrected chi connectivity index (χ3v) is 3.19. The van der Waals surface area contributed by atoms with E-state index in [9.17, 15) is 19.6 Å². The molecule has 0 aromatic carbocycles. The number of hydrogen-bond donors (Lipinski definition) is 6. The predicted octanol–water partition coefficient (Wildman–Crippen LogP) is -2.96. The second kappa shape index (κ2) is 7.31. The number of aliphatic hydroxyl groups is 3. The molecule has 1 fully saturated rings. The number of aliphatic hydroxyl groups excluding tert-OH is 3. The Bertz CT molecular complexity index is 458. The van der Waals surface area contributed by atoms with E-state index >= 15 is 0 Å². The van der Waals surface area contributed by atoms with Crippen LogP contribution in [-0.4, -0.2) is 68.3 Å². The van der Waals surface area contributed by atoms with E-state index in [4.69, 9.17) is 26.1 Å². The molecular weight excluding hydrogens is 309 g/mol. The average molecular weight is 325 g/mol. The maximum Gasteiger partial charge on any atom is 0.472 e. The Morgan fingerprint density at radius 2 is 2.00 bits per heavy atom. The van der Waals surface area contributed by atoms with Gasteiger partial charge in [0.1, 0.15) is 24.4 Å². The molecule has 1 saturated heterocycles. The zero-order valence-electron chi connectivity index (χ0n) is 10.7. The number of rotatable bonds is 5. The summed E-state index contributed by atoms with van der Waals surface area (Å²) in [6, 6.07) is -1.48. The van der Waals surface area contributed by atoms with E-state index in [-0.39, 0.29) is 6.42 Å². The van der Waals surface area contributed by atoms with Gasteiger partial charge in [-0.1, -0.05) is 5.92 Å². The zero-order chi connectivity index (χ0) is 16.2. The normalized spacial score (nSPS) is 33.2. The fourth-order valence-electron chi connectivity index (χ4n) is 1.79. The van der Waals surface area contributed by atoms with Crippen LogP contribution in [0, 0.1) is 12.3 Å². The summed E-state index contributed by atoms with van der Waals surface area (Å²) in [7, 11) is -5.00. The largest absolute Gasteiger partial charge is 0.472 e. The van der Waals surface area contributed by atoms with E-state index in [1.165, 1.54) is 0 Å². The smallest absolute Gasteiger partial charge is 0.394 e. The molecule has 120 valence electrons. The lowest BCUT2D eigenvalue weighted by Crippen LogP contribution is -2.64. The molecule has 0 aromatic rings. The Hall–Kier alpha value is -1.02. The first-order valence-corrected chi connectivity index (χ1v) is 7.32. The number of carbonyl (C=O) groups excluding carboxylic acids is 1. The molecule has 1 aliphatic rings. The van der Waals surface area contributed by atoms with Gasteiger partial charge in [0.25, 0.3) is 0 Å². The average Bonchev–Trinajstić information content (AvgIpc) is 2.37. The molecule has 0 bridgehead atoms. The molecule has 0 spiro atoms. The summed E-state index contributed by atoms with van der Waals surface area (Å²) in [5.41, 5.74) is 0. The van der Waals surface area contributed by atoms with Crippen molar-refractivity contribution in [3.05, 3.63) is 0 Å². The first-order valence-electron chi connectivity index (χ1n) is 5.79. The fraction of sp³-hybridized carbons (Fsp3) is 0.700. The highest BCUT2D eigenvalue weighted by molar-refractivity contribution is 7.46. The van der Waals surface area contributed by atoms with Crippen molar-refractivity contribution in [2.75, 3.05) is 6.61 Å². The highest BCUT2D eigenvalue weighted by Gasteiger charge is 2.47. The Morgan fingerprint density at radius 1 is 1.38 bits per heavy atom. The Morgan fingerprint density at radius 3 is 2.48 bits per heavy atom. The van der Waals surface area contributed by atoms with E-state index in [1.54, 1.807) is 0 Å². The second-order valence-corrected chi connectivity index (χ2v) is 5.47. The molecule has 1 amide bonds. The van der Waals surface area contributed by atoms with Gasteiger partial charge < -0.3 is 35.2 Å². The van der Waals surface area contributed by atoms with Gasteiger partial charge in [0.15, 0.2) is 6.29 Å². The molecule has 10 nitrogen and oxygen atoms in total. The minimum Gasteiger partial charge on any atom is -0.394 e. The molecule has 5 atom stereocenters. The van der Waals surface area contributed by atoms with Crippen molar-refractivity contribution in [2.24, 2.45) is 0 Å². The summed E-state index contributed by atoms with van der Waals surface area (Å²) in [5, 5.41) is 30.7. The molecule has 0 radical (unpaired) electrons. The molecule has 1 rings (SSSR count). The summed E-state index contributed by atoms with van der Waals surface area (Å²) >= 11 is 0. The van der Waals surface area contributed by atoms with Crippen LogP contribution in [0.2, 0.25) is 0 Å². The van der Waals surface area contributed by atoms with Gasteiger partial charge in [0.2, 0.25) is 5.91 Å². The van der Waals surface area contributed by atoms with Gasteiger partial charge in [-0.2, -0.15) is 0 Å². The molecule has 6 N–H and O–H groups in total. The summed E-state index contributed by atoms with van der Waals surface area (Å²) in [4.78, 5) is 29.0. The molecule has 0 unspecified atom stereocenters. The number of carbonyl (C=O) groups is 1. The standard InChI is InChI=1S/C10H16NO9P/c1-2-3-6(13)11-7-9(15)8(14)5(4-12)19-10(7)20-21(16,17)18/h1,5,7-10,12,14-15H,3-4H2,(H,11,13)(H2,16,17,18)/t5-,7-,8+,9-,10-/m1/s1. The molecule has 11 heteroatoms. The topological polar surface area (TPSA) is 166 Å². The first-order chi connectivity index (χ1) is 9.69. The number of terminal acetylenes is 1. The van der Waals surface area contributed by atoms with Gasteiger partial charge in [-0.05, 0) is 0 Å². The van der Waals surface area contributed by atoms with Gasteiger partial charge in [0.05, 0.1) is 13.0 Å². The van der Waals surface area contributed by atoms with Crippen LogP contribution in [0.3, 0.4) is 0 Å². The van der Waals surface area contributed by atoms with Crippen molar-refractivity contribution in [1.29, 1.82) is 0 Å². The zero-order valence-corrected chi connectivity index (χ0v) is 11.6. The highest BCUT2D eigenvalue weighted by Crippen LogP contribution is 2.40. The lowest BCUT2D eigenvalue weighted by atomic mass is 9.97. The van der Waals surface area contributed by atoms with E-state index in [0.29, 0.717) is 0 Å². The molecular formula is C10H16NO9P. The predicted molar refractivity (Wildman–Crippen MR) is 66.3 cm³/mol. The number of ether oxygens (including phenoxy) is 1. The van der Waals surface area contributed by atoms with Gasteiger partial charge in [-0.3, -0.25) is 9.32 Å². The van der Waals surface area contributed by atoms with Crippen molar-refractivity contribution in [3.8, 4) is 12.3 Å². The van der Waals surface area contributed by atoms with Crippen molar-refractivity contribution < 1.29 is 43.7 Å². The first kappa shape index (κ1) is 18.0. The summed E-state index contributed by atoms with van der Waals surface area (Å²) < 4.78 is 20.1. The van der Waals surface area contributed by atoms with Crippen molar-refractivity contribution in [3.63, 3.8) is 0 Å². The van der Waals surface area contributed by atoms with Crippen LogP contribution in [-0.2, 0) is 18.6 Å². The number of hydrogen-bond acceptors (Lipinski definition) is 7. The second-order valence-electron chi connectivity index (χ2n) is 4.28. The van der Waals surface area contributed by atoms with Gasteiger partial charge in [-0.15, -0.1) is 6.42 Å². The third-order valence-electron chi connectivity index (χ3n) is 2.71.